The van der Waals surface area contributed by atoms with Crippen LogP contribution < -0.4 is 4.74 Å². The van der Waals surface area contributed by atoms with Gasteiger partial charge in [0.2, 0.25) is 0 Å². The molecule has 0 bridgehead atoms. The quantitative estimate of drug-likeness (QED) is 0.854. The number of aliphatic carboxylic acids is 1. The number of benzene rings is 1. The van der Waals surface area contributed by atoms with Crippen molar-refractivity contribution in [3.05, 3.63) is 29.8 Å². The first-order valence-electron chi connectivity index (χ1n) is 4.70. The molecule has 0 saturated carbocycles. The third-order valence-electron chi connectivity index (χ3n) is 2.56. The van der Waals surface area contributed by atoms with Crippen molar-refractivity contribution in [2.45, 2.75) is 5.25 Å². The number of carboxylic acids is 1. The van der Waals surface area contributed by atoms with Gasteiger partial charge in [-0.05, 0) is 17.7 Å². The first-order valence-corrected chi connectivity index (χ1v) is 5.75. The van der Waals surface area contributed by atoms with Gasteiger partial charge >= 0.3 is 5.97 Å². The highest BCUT2D eigenvalue weighted by molar-refractivity contribution is 8.01. The zero-order valence-electron chi connectivity index (χ0n) is 8.34. The zero-order valence-corrected chi connectivity index (χ0v) is 9.16. The molecule has 0 aliphatic carbocycles. The van der Waals surface area contributed by atoms with E-state index in [1.165, 1.54) is 0 Å². The molecular weight excluding hydrogens is 212 g/mol. The van der Waals surface area contributed by atoms with Crippen molar-refractivity contribution in [3.63, 3.8) is 0 Å². The molecule has 1 fully saturated rings. The average Bonchev–Trinajstić information content (AvgIpc) is 2.15. The van der Waals surface area contributed by atoms with E-state index in [0.717, 1.165) is 11.3 Å². The number of rotatable bonds is 3. The van der Waals surface area contributed by atoms with Crippen LogP contribution in [0.4, 0.5) is 0 Å². The lowest BCUT2D eigenvalue weighted by Gasteiger charge is -2.33. The van der Waals surface area contributed by atoms with Gasteiger partial charge in [-0.25, -0.2) is 0 Å². The van der Waals surface area contributed by atoms with E-state index >= 15 is 0 Å². The minimum absolute atomic E-state index is 0.0811. The van der Waals surface area contributed by atoms with Crippen molar-refractivity contribution >= 4 is 17.7 Å². The second kappa shape index (κ2) is 4.14. The van der Waals surface area contributed by atoms with E-state index in [4.69, 9.17) is 9.84 Å². The standard InChI is InChI=1S/C11H12O3S/c1-14-8-4-2-3-7(5-8)10-9(6-15-10)11(12)13/h2-5,9-10H,6H2,1H3,(H,12,13). The van der Waals surface area contributed by atoms with Gasteiger partial charge in [-0.15, -0.1) is 0 Å². The fourth-order valence-electron chi connectivity index (χ4n) is 1.64. The Morgan fingerprint density at radius 3 is 2.93 bits per heavy atom. The lowest BCUT2D eigenvalue weighted by atomic mass is 9.99. The average molecular weight is 224 g/mol. The Labute approximate surface area is 92.4 Å². The van der Waals surface area contributed by atoms with E-state index in [2.05, 4.69) is 0 Å². The van der Waals surface area contributed by atoms with Crippen LogP contribution in [0.5, 0.6) is 5.75 Å². The first-order chi connectivity index (χ1) is 7.22. The molecule has 15 heavy (non-hydrogen) atoms. The third kappa shape index (κ3) is 1.95. The number of ether oxygens (including phenoxy) is 1. The largest absolute Gasteiger partial charge is 0.497 e. The molecule has 0 spiro atoms. The Morgan fingerprint density at radius 2 is 2.40 bits per heavy atom. The van der Waals surface area contributed by atoms with E-state index in [-0.39, 0.29) is 11.2 Å². The molecular formula is C11H12O3S. The molecule has 4 heteroatoms. The number of carbonyl (C=O) groups is 1. The topological polar surface area (TPSA) is 46.5 Å². The van der Waals surface area contributed by atoms with Crippen molar-refractivity contribution in [2.75, 3.05) is 12.9 Å². The Morgan fingerprint density at radius 1 is 1.60 bits per heavy atom. The summed E-state index contributed by atoms with van der Waals surface area (Å²) in [6, 6.07) is 7.62. The summed E-state index contributed by atoms with van der Waals surface area (Å²) in [4.78, 5) is 10.9. The van der Waals surface area contributed by atoms with E-state index in [1.807, 2.05) is 24.3 Å². The van der Waals surface area contributed by atoms with Crippen LogP contribution >= 0.6 is 11.8 Å². The Kier molecular flexibility index (Phi) is 2.86. The van der Waals surface area contributed by atoms with Crippen LogP contribution in [-0.2, 0) is 4.79 Å². The monoisotopic (exact) mass is 224 g/mol. The SMILES string of the molecule is COc1cccc(C2SCC2C(=O)O)c1. The van der Waals surface area contributed by atoms with Crippen LogP contribution in [-0.4, -0.2) is 23.9 Å². The van der Waals surface area contributed by atoms with Crippen molar-refractivity contribution in [1.29, 1.82) is 0 Å². The molecule has 0 radical (unpaired) electrons. The van der Waals surface area contributed by atoms with Crippen LogP contribution in [0.15, 0.2) is 24.3 Å². The fraction of sp³-hybridized carbons (Fsp3) is 0.364. The fourth-order valence-corrected chi connectivity index (χ4v) is 2.81. The van der Waals surface area contributed by atoms with Crippen LogP contribution in [0.25, 0.3) is 0 Å². The molecule has 80 valence electrons. The Balaban J connectivity index is 2.19. The molecule has 1 heterocycles. The number of thioether (sulfide) groups is 1. The van der Waals surface area contributed by atoms with Crippen LogP contribution in [0.3, 0.4) is 0 Å². The van der Waals surface area contributed by atoms with Crippen LogP contribution in [0.1, 0.15) is 10.8 Å². The van der Waals surface area contributed by atoms with E-state index < -0.39 is 5.97 Å². The molecule has 3 nitrogen and oxygen atoms in total. The number of hydrogen-bond acceptors (Lipinski definition) is 3. The predicted molar refractivity (Wildman–Crippen MR) is 59.3 cm³/mol. The van der Waals surface area contributed by atoms with Gasteiger partial charge in [0, 0.05) is 11.0 Å². The van der Waals surface area contributed by atoms with Gasteiger partial charge in [0.15, 0.2) is 0 Å². The number of methoxy groups -OCH3 is 1. The summed E-state index contributed by atoms with van der Waals surface area (Å²) in [5.41, 5.74) is 1.04. The summed E-state index contributed by atoms with van der Waals surface area (Å²) in [7, 11) is 1.61. The molecule has 0 amide bonds. The van der Waals surface area contributed by atoms with E-state index in [9.17, 15) is 4.79 Å². The maximum absolute atomic E-state index is 10.9. The van der Waals surface area contributed by atoms with Gasteiger partial charge in [-0.3, -0.25) is 4.79 Å². The van der Waals surface area contributed by atoms with Gasteiger partial charge in [0.05, 0.1) is 13.0 Å². The van der Waals surface area contributed by atoms with Crippen molar-refractivity contribution in [3.8, 4) is 5.75 Å². The molecule has 2 unspecified atom stereocenters. The predicted octanol–water partition coefficient (Wildman–Crippen LogP) is 2.18. The van der Waals surface area contributed by atoms with E-state index in [0.29, 0.717) is 5.75 Å². The van der Waals surface area contributed by atoms with Crippen molar-refractivity contribution in [2.24, 2.45) is 5.92 Å². The number of hydrogen-bond donors (Lipinski definition) is 1. The molecule has 2 rings (SSSR count). The Bertz CT molecular complexity index is 378. The highest BCUT2D eigenvalue weighted by Gasteiger charge is 2.38. The molecule has 0 aromatic heterocycles. The Hall–Kier alpha value is -1.16. The zero-order chi connectivity index (χ0) is 10.8. The van der Waals surface area contributed by atoms with Crippen molar-refractivity contribution < 1.29 is 14.6 Å². The minimum Gasteiger partial charge on any atom is -0.497 e. The van der Waals surface area contributed by atoms with Gasteiger partial charge in [0.1, 0.15) is 5.75 Å². The highest BCUT2D eigenvalue weighted by atomic mass is 32.2. The lowest BCUT2D eigenvalue weighted by Crippen LogP contribution is -2.30. The molecule has 1 saturated heterocycles. The minimum atomic E-state index is -0.707. The first kappa shape index (κ1) is 10.4. The summed E-state index contributed by atoms with van der Waals surface area (Å²) in [6.07, 6.45) is 0. The van der Waals surface area contributed by atoms with Crippen LogP contribution in [0.2, 0.25) is 0 Å². The maximum atomic E-state index is 10.9. The molecule has 1 aromatic rings. The van der Waals surface area contributed by atoms with E-state index in [1.54, 1.807) is 18.9 Å². The second-order valence-electron chi connectivity index (χ2n) is 3.48. The summed E-state index contributed by atoms with van der Waals surface area (Å²) < 4.78 is 5.11. The molecule has 1 aromatic carbocycles. The highest BCUT2D eigenvalue weighted by Crippen LogP contribution is 2.47. The maximum Gasteiger partial charge on any atom is 0.308 e. The van der Waals surface area contributed by atoms with Gasteiger partial charge in [0.25, 0.3) is 0 Å². The number of carboxylic acid groups (broad SMARTS) is 1. The summed E-state index contributed by atoms with van der Waals surface area (Å²) in [5.74, 6) is 0.532. The van der Waals surface area contributed by atoms with Gasteiger partial charge in [-0.1, -0.05) is 12.1 Å². The van der Waals surface area contributed by atoms with Gasteiger partial charge in [-0.2, -0.15) is 11.8 Å². The normalized spacial score (nSPS) is 24.3. The molecule has 2 atom stereocenters. The third-order valence-corrected chi connectivity index (χ3v) is 4.07. The van der Waals surface area contributed by atoms with Crippen LogP contribution in [0, 0.1) is 5.92 Å². The smallest absolute Gasteiger partial charge is 0.308 e. The van der Waals surface area contributed by atoms with Gasteiger partial charge < -0.3 is 9.84 Å². The molecule has 1 aliphatic rings. The molecule has 1 aliphatic heterocycles. The second-order valence-corrected chi connectivity index (χ2v) is 4.65. The summed E-state index contributed by atoms with van der Waals surface area (Å²) >= 11 is 1.68. The lowest BCUT2D eigenvalue weighted by molar-refractivity contribution is -0.141. The summed E-state index contributed by atoms with van der Waals surface area (Å²) in [6.45, 7) is 0. The molecule has 1 N–H and O–H groups in total. The van der Waals surface area contributed by atoms with Crippen molar-refractivity contribution in [1.82, 2.24) is 0 Å². The summed E-state index contributed by atoms with van der Waals surface area (Å²) in [5, 5.41) is 9.03.